The third-order valence-corrected chi connectivity index (χ3v) is 2.86. The highest BCUT2D eigenvalue weighted by Gasteiger charge is 2.33. The Bertz CT molecular complexity index is 241. The molecule has 1 aliphatic heterocycles. The fraction of sp³-hybridized carbons (Fsp3) is 0.909. The summed E-state index contributed by atoms with van der Waals surface area (Å²) in [5.41, 5.74) is 0. The van der Waals surface area contributed by atoms with Gasteiger partial charge in [-0.25, -0.2) is 0 Å². The molecule has 16 heavy (non-hydrogen) atoms. The quantitative estimate of drug-likeness (QED) is 0.707. The van der Waals surface area contributed by atoms with E-state index in [4.69, 9.17) is 26.4 Å². The lowest BCUT2D eigenvalue weighted by Crippen LogP contribution is -2.33. The van der Waals surface area contributed by atoms with Crippen LogP contribution in [0, 0.1) is 0 Å². The van der Waals surface area contributed by atoms with Gasteiger partial charge in [-0.2, -0.15) is 0 Å². The van der Waals surface area contributed by atoms with Crippen LogP contribution in [0.4, 0.5) is 0 Å². The second-order valence-corrected chi connectivity index (χ2v) is 4.55. The van der Waals surface area contributed by atoms with Gasteiger partial charge in [0.15, 0.2) is 5.79 Å². The molecule has 0 bridgehead atoms. The van der Waals surface area contributed by atoms with Crippen LogP contribution in [0.5, 0.6) is 0 Å². The van der Waals surface area contributed by atoms with E-state index in [2.05, 4.69) is 13.8 Å². The minimum absolute atomic E-state index is 0.0245. The fourth-order valence-electron chi connectivity index (χ4n) is 1.58. The third kappa shape index (κ3) is 3.88. The summed E-state index contributed by atoms with van der Waals surface area (Å²) < 4.78 is 16.6. The molecule has 0 spiro atoms. The zero-order chi connectivity index (χ0) is 12.2. The third-order valence-electron chi connectivity index (χ3n) is 2.48. The van der Waals surface area contributed by atoms with E-state index in [0.29, 0.717) is 18.4 Å². The first-order valence-corrected chi connectivity index (χ1v) is 6.12. The molecule has 1 rings (SSSR count). The molecule has 94 valence electrons. The molecule has 1 heterocycles. The summed E-state index contributed by atoms with van der Waals surface area (Å²) in [6, 6.07) is 0. The smallest absolute Gasteiger partial charge is 0.259 e. The summed E-state index contributed by atoms with van der Waals surface area (Å²) in [5.74, 6) is -0.495. The van der Waals surface area contributed by atoms with Gasteiger partial charge in [-0.15, -0.1) is 0 Å². The van der Waals surface area contributed by atoms with E-state index in [0.717, 1.165) is 13.1 Å². The molecule has 4 nitrogen and oxygen atoms in total. The van der Waals surface area contributed by atoms with Crippen LogP contribution in [-0.2, 0) is 14.2 Å². The lowest BCUT2D eigenvalue weighted by Gasteiger charge is -2.22. The lowest BCUT2D eigenvalue weighted by atomic mass is 10.4. The maximum Gasteiger partial charge on any atom is 0.259 e. The summed E-state index contributed by atoms with van der Waals surface area (Å²) >= 11 is 5.17. The van der Waals surface area contributed by atoms with Crippen molar-refractivity contribution in [3.63, 3.8) is 0 Å². The molecule has 0 saturated carbocycles. The standard InChI is InChI=1S/C11H21NO3S/c1-5-12(6-2)10(16)13-7-9-8-14-11(3,4)15-9/h9H,5-8H2,1-4H3/t9-/m0/s1. The summed E-state index contributed by atoms with van der Waals surface area (Å²) in [6.45, 7) is 10.7. The summed E-state index contributed by atoms with van der Waals surface area (Å²) in [7, 11) is 0. The summed E-state index contributed by atoms with van der Waals surface area (Å²) in [6.07, 6.45) is -0.0245. The van der Waals surface area contributed by atoms with E-state index < -0.39 is 5.79 Å². The van der Waals surface area contributed by atoms with Crippen LogP contribution in [0.15, 0.2) is 0 Å². The highest BCUT2D eigenvalue weighted by atomic mass is 32.1. The van der Waals surface area contributed by atoms with E-state index in [1.165, 1.54) is 0 Å². The Hall–Kier alpha value is -0.390. The molecule has 0 aliphatic carbocycles. The molecule has 0 aromatic carbocycles. The van der Waals surface area contributed by atoms with Gasteiger partial charge < -0.3 is 19.1 Å². The van der Waals surface area contributed by atoms with Gasteiger partial charge in [-0.1, -0.05) is 0 Å². The van der Waals surface area contributed by atoms with Gasteiger partial charge in [0.2, 0.25) is 0 Å². The molecular weight excluding hydrogens is 226 g/mol. The largest absolute Gasteiger partial charge is 0.468 e. The molecule has 1 atom stereocenters. The van der Waals surface area contributed by atoms with Crippen LogP contribution in [-0.4, -0.2) is 48.3 Å². The van der Waals surface area contributed by atoms with Gasteiger partial charge in [0.05, 0.1) is 6.61 Å². The molecule has 1 aliphatic rings. The van der Waals surface area contributed by atoms with Gasteiger partial charge in [-0.3, -0.25) is 0 Å². The first kappa shape index (κ1) is 13.7. The first-order chi connectivity index (χ1) is 7.48. The van der Waals surface area contributed by atoms with Crippen molar-refractivity contribution < 1.29 is 14.2 Å². The average molecular weight is 247 g/mol. The average Bonchev–Trinajstić information content (AvgIpc) is 2.57. The minimum atomic E-state index is -0.495. The van der Waals surface area contributed by atoms with E-state index in [1.54, 1.807) is 0 Å². The van der Waals surface area contributed by atoms with Gasteiger partial charge in [0, 0.05) is 13.1 Å². The van der Waals surface area contributed by atoms with E-state index in [9.17, 15) is 0 Å². The van der Waals surface area contributed by atoms with Crippen LogP contribution in [0.3, 0.4) is 0 Å². The molecule has 0 N–H and O–H groups in total. The Kier molecular flexibility index (Phi) is 4.95. The number of rotatable bonds is 4. The number of hydrogen-bond donors (Lipinski definition) is 0. The number of hydrogen-bond acceptors (Lipinski definition) is 4. The molecule has 5 heteroatoms. The predicted octanol–water partition coefficient (Wildman–Crippen LogP) is 1.78. The van der Waals surface area contributed by atoms with Crippen LogP contribution in [0.1, 0.15) is 27.7 Å². The van der Waals surface area contributed by atoms with Gasteiger partial charge in [0.25, 0.3) is 5.17 Å². The van der Waals surface area contributed by atoms with Crippen molar-refractivity contribution in [1.29, 1.82) is 0 Å². The second kappa shape index (κ2) is 5.80. The zero-order valence-corrected chi connectivity index (χ0v) is 11.3. The Morgan fingerprint density at radius 3 is 2.50 bits per heavy atom. The normalized spacial score (nSPS) is 23.1. The molecular formula is C11H21NO3S. The Morgan fingerprint density at radius 2 is 2.06 bits per heavy atom. The number of nitrogens with zero attached hydrogens (tertiary/aromatic N) is 1. The molecule has 0 aromatic rings. The molecule has 0 unspecified atom stereocenters. The van der Waals surface area contributed by atoms with Crippen molar-refractivity contribution in [3.8, 4) is 0 Å². The molecule has 0 amide bonds. The van der Waals surface area contributed by atoms with Gasteiger partial charge >= 0.3 is 0 Å². The molecule has 0 radical (unpaired) electrons. The highest BCUT2D eigenvalue weighted by molar-refractivity contribution is 7.80. The van der Waals surface area contributed by atoms with E-state index in [-0.39, 0.29) is 6.10 Å². The van der Waals surface area contributed by atoms with Crippen LogP contribution < -0.4 is 0 Å². The first-order valence-electron chi connectivity index (χ1n) is 5.72. The number of thiocarbonyl (C=S) groups is 1. The fourth-order valence-corrected chi connectivity index (χ4v) is 1.91. The van der Waals surface area contributed by atoms with Crippen molar-refractivity contribution in [2.45, 2.75) is 39.6 Å². The summed E-state index contributed by atoms with van der Waals surface area (Å²) in [4.78, 5) is 2.00. The van der Waals surface area contributed by atoms with Gasteiger partial charge in [-0.05, 0) is 39.9 Å². The van der Waals surface area contributed by atoms with Crippen molar-refractivity contribution in [1.82, 2.24) is 4.90 Å². The Balaban J connectivity index is 2.27. The second-order valence-electron chi connectivity index (χ2n) is 4.20. The van der Waals surface area contributed by atoms with Crippen molar-refractivity contribution in [3.05, 3.63) is 0 Å². The highest BCUT2D eigenvalue weighted by Crippen LogP contribution is 2.22. The number of ether oxygens (including phenoxy) is 3. The topological polar surface area (TPSA) is 30.9 Å². The minimum Gasteiger partial charge on any atom is -0.468 e. The van der Waals surface area contributed by atoms with Crippen molar-refractivity contribution in [2.75, 3.05) is 26.3 Å². The SMILES string of the molecule is CCN(CC)C(=S)OC[C@H]1COC(C)(C)O1. The zero-order valence-electron chi connectivity index (χ0n) is 10.5. The lowest BCUT2D eigenvalue weighted by molar-refractivity contribution is -0.142. The van der Waals surface area contributed by atoms with E-state index in [1.807, 2.05) is 18.7 Å². The predicted molar refractivity (Wildman–Crippen MR) is 66.4 cm³/mol. The Labute approximate surface area is 103 Å². The molecule has 1 saturated heterocycles. The van der Waals surface area contributed by atoms with Gasteiger partial charge in [0.1, 0.15) is 12.7 Å². The van der Waals surface area contributed by atoms with Crippen LogP contribution in [0.25, 0.3) is 0 Å². The van der Waals surface area contributed by atoms with Crippen molar-refractivity contribution >= 4 is 17.4 Å². The van der Waals surface area contributed by atoms with E-state index >= 15 is 0 Å². The molecule has 0 aromatic heterocycles. The summed E-state index contributed by atoms with van der Waals surface area (Å²) in [5, 5.41) is 0.540. The van der Waals surface area contributed by atoms with Crippen LogP contribution >= 0.6 is 12.2 Å². The molecule has 1 fully saturated rings. The Morgan fingerprint density at radius 1 is 1.44 bits per heavy atom. The maximum atomic E-state index is 5.62. The maximum absolute atomic E-state index is 5.62. The monoisotopic (exact) mass is 247 g/mol. The van der Waals surface area contributed by atoms with Crippen molar-refractivity contribution in [2.24, 2.45) is 0 Å². The van der Waals surface area contributed by atoms with Crippen LogP contribution in [0.2, 0.25) is 0 Å².